The van der Waals surface area contributed by atoms with E-state index in [4.69, 9.17) is 4.74 Å². The smallest absolute Gasteiger partial charge is 0.389 e. The van der Waals surface area contributed by atoms with Crippen molar-refractivity contribution in [3.8, 4) is 11.8 Å². The van der Waals surface area contributed by atoms with Gasteiger partial charge in [0.2, 0.25) is 0 Å². The van der Waals surface area contributed by atoms with Crippen LogP contribution in [0.3, 0.4) is 0 Å². The minimum atomic E-state index is -4.23. The largest absolute Gasteiger partial charge is 0.494 e. The number of rotatable bonds is 9. The van der Waals surface area contributed by atoms with Crippen molar-refractivity contribution in [1.82, 2.24) is 5.32 Å². The molecule has 1 heterocycles. The van der Waals surface area contributed by atoms with Crippen LogP contribution in [0.15, 0.2) is 54.6 Å². The molecule has 0 spiro atoms. The number of hydrogen-bond acceptors (Lipinski definition) is 3. The molecule has 9 heteroatoms. The summed E-state index contributed by atoms with van der Waals surface area (Å²) in [5, 5.41) is 12.3. The van der Waals surface area contributed by atoms with Crippen molar-refractivity contribution in [3.05, 3.63) is 83.0 Å². The predicted octanol–water partition coefficient (Wildman–Crippen LogP) is 6.35. The number of halogens is 5. The van der Waals surface area contributed by atoms with Crippen molar-refractivity contribution in [1.29, 1.82) is 5.26 Å². The van der Waals surface area contributed by atoms with Gasteiger partial charge in [-0.2, -0.15) is 18.4 Å². The van der Waals surface area contributed by atoms with Gasteiger partial charge in [-0.1, -0.05) is 18.2 Å². The Balaban J connectivity index is 1.77. The van der Waals surface area contributed by atoms with Gasteiger partial charge in [0.25, 0.3) is 5.91 Å². The summed E-state index contributed by atoms with van der Waals surface area (Å²) in [6, 6.07) is 10.9. The van der Waals surface area contributed by atoms with Crippen molar-refractivity contribution < 1.29 is 31.5 Å². The van der Waals surface area contributed by atoms with Gasteiger partial charge in [-0.25, -0.2) is 8.78 Å². The van der Waals surface area contributed by atoms with Gasteiger partial charge in [0.15, 0.2) is 0 Å². The maximum absolute atomic E-state index is 14.2. The second-order valence-electron chi connectivity index (χ2n) is 8.74. The Bertz CT molecular complexity index is 1210. The fourth-order valence-corrected chi connectivity index (χ4v) is 4.05. The number of nitrogens with zero attached hydrogens (tertiary/aromatic N) is 1. The maximum atomic E-state index is 14.2. The van der Waals surface area contributed by atoms with Crippen LogP contribution in [0.4, 0.5) is 22.0 Å². The number of carbonyl (C=O) groups is 1. The average Bonchev–Trinajstić information content (AvgIpc) is 2.83. The van der Waals surface area contributed by atoms with Crippen LogP contribution in [-0.4, -0.2) is 24.2 Å². The molecular weight excluding hydrogens is 479 g/mol. The van der Waals surface area contributed by atoms with E-state index < -0.39 is 35.7 Å². The van der Waals surface area contributed by atoms with Crippen LogP contribution in [0, 0.1) is 29.9 Å². The van der Waals surface area contributed by atoms with Crippen LogP contribution >= 0.6 is 0 Å². The quantitative estimate of drug-likeness (QED) is 0.246. The molecule has 0 radical (unpaired) electrons. The molecule has 0 bridgehead atoms. The van der Waals surface area contributed by atoms with Crippen LogP contribution in [0.5, 0.6) is 5.75 Å². The summed E-state index contributed by atoms with van der Waals surface area (Å²) in [5.74, 6) is -1.80. The molecule has 4 nitrogen and oxygen atoms in total. The Labute approximate surface area is 206 Å². The molecule has 0 fully saturated rings. The first-order valence-corrected chi connectivity index (χ1v) is 11.3. The average molecular weight is 504 g/mol. The molecule has 2 aromatic rings. The third kappa shape index (κ3) is 6.51. The lowest BCUT2D eigenvalue weighted by atomic mass is 9.78. The van der Waals surface area contributed by atoms with Crippen LogP contribution < -0.4 is 10.1 Å². The van der Waals surface area contributed by atoms with E-state index in [-0.39, 0.29) is 41.7 Å². The van der Waals surface area contributed by atoms with Gasteiger partial charge in [0.1, 0.15) is 29.0 Å². The number of nitriles is 1. The molecule has 3 rings (SSSR count). The minimum Gasteiger partial charge on any atom is -0.494 e. The Morgan fingerprint density at radius 3 is 2.53 bits per heavy atom. The molecule has 0 saturated heterocycles. The van der Waals surface area contributed by atoms with E-state index in [1.165, 1.54) is 13.0 Å². The van der Waals surface area contributed by atoms with E-state index in [1.54, 1.807) is 18.2 Å². The van der Waals surface area contributed by atoms with Crippen molar-refractivity contribution in [3.63, 3.8) is 0 Å². The summed E-state index contributed by atoms with van der Waals surface area (Å²) in [6.45, 7) is 5.05. The number of aryl methyl sites for hydroxylation is 1. The molecule has 0 unspecified atom stereocenters. The van der Waals surface area contributed by atoms with Crippen LogP contribution in [0.1, 0.15) is 42.4 Å². The molecule has 1 atom stereocenters. The number of alkyl halides is 3. The number of nitrogens with one attached hydrogen (secondary N) is 1. The first-order chi connectivity index (χ1) is 17.0. The third-order valence-corrected chi connectivity index (χ3v) is 6.15. The van der Waals surface area contributed by atoms with Gasteiger partial charge in [-0.05, 0) is 67.2 Å². The number of hydrogen-bond donors (Lipinski definition) is 1. The second kappa shape index (κ2) is 10.9. The first kappa shape index (κ1) is 26.9. The molecule has 0 saturated carbocycles. The second-order valence-corrected chi connectivity index (χ2v) is 8.74. The van der Waals surface area contributed by atoms with Crippen molar-refractivity contribution in [2.45, 2.75) is 50.7 Å². The fourth-order valence-electron chi connectivity index (χ4n) is 4.05. The zero-order chi connectivity index (χ0) is 26.5. The summed E-state index contributed by atoms with van der Waals surface area (Å²) in [6.07, 6.45) is -2.91. The highest BCUT2D eigenvalue weighted by Gasteiger charge is 2.37. The van der Waals surface area contributed by atoms with E-state index in [9.17, 15) is 32.0 Å². The van der Waals surface area contributed by atoms with E-state index >= 15 is 0 Å². The number of amides is 1. The third-order valence-electron chi connectivity index (χ3n) is 6.15. The van der Waals surface area contributed by atoms with E-state index in [2.05, 4.69) is 11.9 Å². The maximum Gasteiger partial charge on any atom is 0.389 e. The molecule has 1 N–H and O–H groups in total. The minimum absolute atomic E-state index is 0.0790. The van der Waals surface area contributed by atoms with Crippen LogP contribution in [0.25, 0.3) is 5.57 Å². The molecule has 0 aromatic heterocycles. The predicted molar refractivity (Wildman–Crippen MR) is 125 cm³/mol. The molecule has 0 aliphatic carbocycles. The Morgan fingerprint density at radius 1 is 1.22 bits per heavy atom. The lowest BCUT2D eigenvalue weighted by Gasteiger charge is -2.37. The Kier molecular flexibility index (Phi) is 8.18. The summed E-state index contributed by atoms with van der Waals surface area (Å²) < 4.78 is 70.8. The highest BCUT2D eigenvalue weighted by Crippen LogP contribution is 2.37. The zero-order valence-corrected chi connectivity index (χ0v) is 19.6. The highest BCUT2D eigenvalue weighted by molar-refractivity contribution is 6.07. The van der Waals surface area contributed by atoms with Crippen LogP contribution in [-0.2, 0) is 11.2 Å². The molecule has 1 amide bonds. The van der Waals surface area contributed by atoms with Crippen LogP contribution in [0.2, 0.25) is 0 Å². The zero-order valence-electron chi connectivity index (χ0n) is 19.6. The standard InChI is InChI=1S/C27H25F5N2O2/c1-3-26(10-8-18-6-4-7-20(12-18)36-11-5-9-27(30,31)32)15-21(22(16-33)25(35)34-26)19-13-23(28)17(2)24(29)14-19/h3-4,6-7,12-14H,1,5,8-11,15H2,2H3,(H,34,35)/t26-/m0/s1. The number of carbonyl (C=O) groups excluding carboxylic acids is 1. The van der Waals surface area contributed by atoms with Crippen molar-refractivity contribution in [2.24, 2.45) is 0 Å². The van der Waals surface area contributed by atoms with Gasteiger partial charge in [0, 0.05) is 18.4 Å². The summed E-state index contributed by atoms with van der Waals surface area (Å²) in [4.78, 5) is 12.8. The Morgan fingerprint density at radius 2 is 1.92 bits per heavy atom. The SMILES string of the molecule is C=C[C@]1(CCc2cccc(OCCCC(F)(F)F)c2)CC(c2cc(F)c(C)c(F)c2)=C(C#N)C(=O)N1. The van der Waals surface area contributed by atoms with E-state index in [0.29, 0.717) is 18.6 Å². The number of ether oxygens (including phenoxy) is 1. The van der Waals surface area contributed by atoms with Gasteiger partial charge in [-0.3, -0.25) is 4.79 Å². The topological polar surface area (TPSA) is 62.1 Å². The van der Waals surface area contributed by atoms with Gasteiger partial charge >= 0.3 is 6.18 Å². The van der Waals surface area contributed by atoms with Gasteiger partial charge < -0.3 is 10.1 Å². The molecule has 2 aromatic carbocycles. The van der Waals surface area contributed by atoms with Crippen molar-refractivity contribution >= 4 is 11.5 Å². The highest BCUT2D eigenvalue weighted by atomic mass is 19.4. The van der Waals surface area contributed by atoms with Crippen molar-refractivity contribution in [2.75, 3.05) is 6.61 Å². The molecule has 190 valence electrons. The molecule has 1 aliphatic rings. The first-order valence-electron chi connectivity index (χ1n) is 11.3. The molecular formula is C27H25F5N2O2. The molecule has 36 heavy (non-hydrogen) atoms. The fraction of sp³-hybridized carbons (Fsp3) is 0.333. The number of benzene rings is 2. The lowest BCUT2D eigenvalue weighted by molar-refractivity contribution is -0.136. The lowest BCUT2D eigenvalue weighted by Crippen LogP contribution is -2.51. The summed E-state index contributed by atoms with van der Waals surface area (Å²) >= 11 is 0. The van der Waals surface area contributed by atoms with Gasteiger partial charge in [-0.15, -0.1) is 6.58 Å². The summed E-state index contributed by atoms with van der Waals surface area (Å²) in [5.41, 5.74) is -0.224. The molecule has 1 aliphatic heterocycles. The van der Waals surface area contributed by atoms with E-state index in [0.717, 1.165) is 17.7 Å². The monoisotopic (exact) mass is 504 g/mol. The Hall–Kier alpha value is -3.67. The van der Waals surface area contributed by atoms with Gasteiger partial charge in [0.05, 0.1) is 12.1 Å². The van der Waals surface area contributed by atoms with E-state index in [1.807, 2.05) is 12.1 Å². The summed E-state index contributed by atoms with van der Waals surface area (Å²) in [7, 11) is 0. The normalized spacial score (nSPS) is 18.0.